The zero-order valence-electron chi connectivity index (χ0n) is 14.5. The number of fused-ring (bicyclic) bond motifs is 1. The summed E-state index contributed by atoms with van der Waals surface area (Å²) in [5.41, 5.74) is 1.22. The van der Waals surface area contributed by atoms with Gasteiger partial charge in [0.05, 0.1) is 12.1 Å². The second-order valence-electron chi connectivity index (χ2n) is 5.64. The lowest BCUT2D eigenvalue weighted by molar-refractivity contribution is -0.112. The van der Waals surface area contributed by atoms with Gasteiger partial charge in [0, 0.05) is 23.0 Å². The Labute approximate surface area is 161 Å². The van der Waals surface area contributed by atoms with Crippen LogP contribution in [0.15, 0.2) is 72.4 Å². The molecule has 5 nitrogen and oxygen atoms in total. The van der Waals surface area contributed by atoms with E-state index >= 15 is 0 Å². The van der Waals surface area contributed by atoms with Crippen molar-refractivity contribution in [2.75, 3.05) is 17.7 Å². The molecule has 134 valence electrons. The lowest BCUT2D eigenvalue weighted by Crippen LogP contribution is -2.14. The highest BCUT2D eigenvalue weighted by atomic mass is 35.5. The van der Waals surface area contributed by atoms with Crippen LogP contribution in [0.5, 0.6) is 5.75 Å². The quantitative estimate of drug-likeness (QED) is 0.486. The SMILES string of the molecule is COc1ccc(NC(=O)/C(C#N)=C\Nc2cccc3ccccc23)cc1Cl. The second-order valence-corrected chi connectivity index (χ2v) is 6.05. The van der Waals surface area contributed by atoms with Crippen LogP contribution in [-0.2, 0) is 4.79 Å². The van der Waals surface area contributed by atoms with Crippen molar-refractivity contribution in [3.05, 3.63) is 77.5 Å². The Bertz CT molecular complexity index is 1070. The van der Waals surface area contributed by atoms with E-state index in [-0.39, 0.29) is 5.57 Å². The third-order valence-electron chi connectivity index (χ3n) is 3.94. The summed E-state index contributed by atoms with van der Waals surface area (Å²) in [5, 5.41) is 17.5. The van der Waals surface area contributed by atoms with Crippen LogP contribution in [0, 0.1) is 11.3 Å². The molecular weight excluding hydrogens is 362 g/mol. The van der Waals surface area contributed by atoms with Gasteiger partial charge in [-0.3, -0.25) is 4.79 Å². The minimum atomic E-state index is -0.536. The lowest BCUT2D eigenvalue weighted by atomic mass is 10.1. The standard InChI is InChI=1S/C21H16ClN3O2/c1-27-20-10-9-16(11-18(20)22)25-21(26)15(12-23)13-24-19-8-4-6-14-5-2-3-7-17(14)19/h2-11,13,24H,1H3,(H,25,26)/b15-13-. The third-order valence-corrected chi connectivity index (χ3v) is 4.23. The molecular formula is C21H16ClN3O2. The molecule has 0 radical (unpaired) electrons. The molecule has 0 saturated heterocycles. The molecule has 2 N–H and O–H groups in total. The molecule has 0 aliphatic heterocycles. The molecule has 27 heavy (non-hydrogen) atoms. The predicted octanol–water partition coefficient (Wildman–Crippen LogP) is 4.96. The average molecular weight is 378 g/mol. The van der Waals surface area contributed by atoms with E-state index in [9.17, 15) is 10.1 Å². The van der Waals surface area contributed by atoms with Crippen molar-refractivity contribution in [2.45, 2.75) is 0 Å². The number of amides is 1. The number of rotatable bonds is 5. The fourth-order valence-corrected chi connectivity index (χ4v) is 2.85. The van der Waals surface area contributed by atoms with Crippen LogP contribution in [0.1, 0.15) is 0 Å². The minimum absolute atomic E-state index is 0.0603. The van der Waals surface area contributed by atoms with Crippen LogP contribution in [-0.4, -0.2) is 13.0 Å². The van der Waals surface area contributed by atoms with Crippen LogP contribution >= 0.6 is 11.6 Å². The van der Waals surface area contributed by atoms with Crippen molar-refractivity contribution in [3.63, 3.8) is 0 Å². The van der Waals surface area contributed by atoms with E-state index < -0.39 is 5.91 Å². The van der Waals surface area contributed by atoms with Crippen molar-refractivity contribution < 1.29 is 9.53 Å². The van der Waals surface area contributed by atoms with Crippen LogP contribution < -0.4 is 15.4 Å². The number of hydrogen-bond acceptors (Lipinski definition) is 4. The Morgan fingerprint density at radius 2 is 1.93 bits per heavy atom. The van der Waals surface area contributed by atoms with Crippen molar-refractivity contribution in [1.82, 2.24) is 0 Å². The molecule has 0 aliphatic rings. The van der Waals surface area contributed by atoms with E-state index in [1.54, 1.807) is 18.2 Å². The van der Waals surface area contributed by atoms with E-state index in [1.807, 2.05) is 48.5 Å². The van der Waals surface area contributed by atoms with Gasteiger partial charge in [-0.05, 0) is 29.7 Å². The van der Waals surface area contributed by atoms with Gasteiger partial charge in [-0.25, -0.2) is 0 Å². The largest absolute Gasteiger partial charge is 0.495 e. The Kier molecular flexibility index (Phi) is 5.60. The van der Waals surface area contributed by atoms with E-state index in [0.717, 1.165) is 16.5 Å². The molecule has 3 rings (SSSR count). The van der Waals surface area contributed by atoms with E-state index in [2.05, 4.69) is 10.6 Å². The average Bonchev–Trinajstić information content (AvgIpc) is 2.68. The smallest absolute Gasteiger partial charge is 0.267 e. The maximum atomic E-state index is 12.4. The molecule has 0 bridgehead atoms. The van der Waals surface area contributed by atoms with Gasteiger partial charge in [0.25, 0.3) is 5.91 Å². The zero-order valence-corrected chi connectivity index (χ0v) is 15.2. The van der Waals surface area contributed by atoms with Crippen LogP contribution in [0.3, 0.4) is 0 Å². The summed E-state index contributed by atoms with van der Waals surface area (Å²) in [6.45, 7) is 0. The molecule has 3 aromatic carbocycles. The highest BCUT2D eigenvalue weighted by Gasteiger charge is 2.11. The Morgan fingerprint density at radius 3 is 2.67 bits per heavy atom. The second kappa shape index (κ2) is 8.26. The summed E-state index contributed by atoms with van der Waals surface area (Å²) in [4.78, 5) is 12.4. The molecule has 0 aliphatic carbocycles. The molecule has 0 fully saturated rings. The monoisotopic (exact) mass is 377 g/mol. The number of anilines is 2. The fraction of sp³-hybridized carbons (Fsp3) is 0.0476. The maximum absolute atomic E-state index is 12.4. The normalized spacial score (nSPS) is 10.9. The van der Waals surface area contributed by atoms with E-state index in [0.29, 0.717) is 16.5 Å². The molecule has 1 amide bonds. The first-order chi connectivity index (χ1) is 13.1. The first kappa shape index (κ1) is 18.3. The van der Waals surface area contributed by atoms with Crippen LogP contribution in [0.4, 0.5) is 11.4 Å². The summed E-state index contributed by atoms with van der Waals surface area (Å²) < 4.78 is 5.08. The van der Waals surface area contributed by atoms with Crippen LogP contribution in [0.2, 0.25) is 5.02 Å². The van der Waals surface area contributed by atoms with Gasteiger partial charge in [0.1, 0.15) is 17.4 Å². The first-order valence-electron chi connectivity index (χ1n) is 8.12. The number of nitrogens with one attached hydrogen (secondary N) is 2. The van der Waals surface area contributed by atoms with Gasteiger partial charge < -0.3 is 15.4 Å². The summed E-state index contributed by atoms with van der Waals surface area (Å²) in [6, 6.07) is 20.4. The van der Waals surface area contributed by atoms with E-state index in [4.69, 9.17) is 16.3 Å². The Hall–Kier alpha value is -3.49. The topological polar surface area (TPSA) is 74.1 Å². The Morgan fingerprint density at radius 1 is 1.15 bits per heavy atom. The number of methoxy groups -OCH3 is 1. The summed E-state index contributed by atoms with van der Waals surface area (Å²) in [5.74, 6) is -0.0326. The van der Waals surface area contributed by atoms with Crippen molar-refractivity contribution >= 4 is 39.7 Å². The minimum Gasteiger partial charge on any atom is -0.495 e. The highest BCUT2D eigenvalue weighted by molar-refractivity contribution is 6.32. The number of benzene rings is 3. The molecule has 3 aromatic rings. The number of carbonyl (C=O) groups is 1. The molecule has 0 unspecified atom stereocenters. The molecule has 0 aromatic heterocycles. The number of ether oxygens (including phenoxy) is 1. The van der Waals surface area contributed by atoms with Crippen molar-refractivity contribution in [3.8, 4) is 11.8 Å². The van der Waals surface area contributed by atoms with Crippen molar-refractivity contribution in [1.29, 1.82) is 5.26 Å². The predicted molar refractivity (Wildman–Crippen MR) is 108 cm³/mol. The first-order valence-corrected chi connectivity index (χ1v) is 8.49. The lowest BCUT2D eigenvalue weighted by Gasteiger charge is -2.09. The maximum Gasteiger partial charge on any atom is 0.267 e. The molecule has 0 saturated carbocycles. The fourth-order valence-electron chi connectivity index (χ4n) is 2.59. The van der Waals surface area contributed by atoms with Gasteiger partial charge in [-0.15, -0.1) is 0 Å². The van der Waals surface area contributed by atoms with Gasteiger partial charge in [-0.2, -0.15) is 5.26 Å². The zero-order chi connectivity index (χ0) is 19.2. The highest BCUT2D eigenvalue weighted by Crippen LogP contribution is 2.27. The molecule has 0 spiro atoms. The van der Waals surface area contributed by atoms with Gasteiger partial charge in [0.2, 0.25) is 0 Å². The number of nitrogens with zero attached hydrogens (tertiary/aromatic N) is 1. The summed E-state index contributed by atoms with van der Waals surface area (Å²) in [6.07, 6.45) is 1.39. The number of nitriles is 1. The Balaban J connectivity index is 1.78. The third kappa shape index (κ3) is 4.20. The number of halogens is 1. The summed E-state index contributed by atoms with van der Waals surface area (Å²) in [7, 11) is 1.51. The molecule has 0 heterocycles. The molecule has 0 atom stereocenters. The molecule has 6 heteroatoms. The van der Waals surface area contributed by atoms with Crippen LogP contribution in [0.25, 0.3) is 10.8 Å². The number of carbonyl (C=O) groups excluding carboxylic acids is 1. The van der Waals surface area contributed by atoms with Gasteiger partial charge in [-0.1, -0.05) is 48.0 Å². The number of hydrogen-bond donors (Lipinski definition) is 2. The van der Waals surface area contributed by atoms with Gasteiger partial charge in [0.15, 0.2) is 0 Å². The van der Waals surface area contributed by atoms with Crippen molar-refractivity contribution in [2.24, 2.45) is 0 Å². The summed E-state index contributed by atoms with van der Waals surface area (Å²) >= 11 is 6.05. The van der Waals surface area contributed by atoms with Gasteiger partial charge >= 0.3 is 0 Å². The van der Waals surface area contributed by atoms with E-state index in [1.165, 1.54) is 13.3 Å².